The van der Waals surface area contributed by atoms with Gasteiger partial charge < -0.3 is 14.8 Å². The van der Waals surface area contributed by atoms with Crippen molar-refractivity contribution in [1.82, 2.24) is 15.5 Å². The van der Waals surface area contributed by atoms with Crippen LogP contribution in [0.3, 0.4) is 0 Å². The topological polar surface area (TPSA) is 56.3 Å². The van der Waals surface area contributed by atoms with Crippen LogP contribution in [0, 0.1) is 0 Å². The fourth-order valence-electron chi connectivity index (χ4n) is 3.30. The third-order valence-corrected chi connectivity index (χ3v) is 5.56. The smallest absolute Gasteiger partial charge is 0.168 e. The van der Waals surface area contributed by atoms with Gasteiger partial charge in [-0.3, -0.25) is 0 Å². The monoisotopic (exact) mass is 331 g/mol. The van der Waals surface area contributed by atoms with Crippen LogP contribution in [-0.4, -0.2) is 35.2 Å². The molecule has 4 rings (SSSR count). The van der Waals surface area contributed by atoms with Crippen molar-refractivity contribution in [3.63, 3.8) is 0 Å². The van der Waals surface area contributed by atoms with Crippen molar-refractivity contribution in [2.75, 3.05) is 13.2 Å². The summed E-state index contributed by atoms with van der Waals surface area (Å²) in [6.07, 6.45) is 4.14. The first-order chi connectivity index (χ1) is 11.3. The number of aromatic nitrogens is 2. The first-order valence-corrected chi connectivity index (χ1v) is 9.04. The molecule has 1 aromatic carbocycles. The van der Waals surface area contributed by atoms with E-state index in [0.29, 0.717) is 6.04 Å². The molecule has 0 radical (unpaired) electrons. The van der Waals surface area contributed by atoms with Crippen molar-refractivity contribution in [2.24, 2.45) is 0 Å². The van der Waals surface area contributed by atoms with Crippen LogP contribution in [0.1, 0.15) is 30.7 Å². The van der Waals surface area contributed by atoms with Crippen LogP contribution in [-0.2, 0) is 16.0 Å². The van der Waals surface area contributed by atoms with Crippen molar-refractivity contribution in [1.29, 1.82) is 0 Å². The van der Waals surface area contributed by atoms with Crippen LogP contribution < -0.4 is 5.32 Å². The van der Waals surface area contributed by atoms with Crippen LogP contribution in [0.25, 0.3) is 10.6 Å². The van der Waals surface area contributed by atoms with Gasteiger partial charge in [0.1, 0.15) is 10.0 Å². The second kappa shape index (κ2) is 6.65. The molecule has 1 aliphatic heterocycles. The quantitative estimate of drug-likeness (QED) is 0.933. The largest absolute Gasteiger partial charge is 0.348 e. The lowest BCUT2D eigenvalue weighted by atomic mass is 9.90. The van der Waals surface area contributed by atoms with E-state index in [2.05, 4.69) is 27.6 Å². The van der Waals surface area contributed by atoms with E-state index < -0.39 is 0 Å². The molecule has 1 N–H and O–H groups in total. The molecule has 0 atom stereocenters. The van der Waals surface area contributed by atoms with Crippen LogP contribution >= 0.6 is 11.3 Å². The fourth-order valence-corrected chi connectivity index (χ4v) is 4.10. The van der Waals surface area contributed by atoms with E-state index >= 15 is 0 Å². The second-order valence-corrected chi connectivity index (χ2v) is 7.19. The number of benzene rings is 1. The zero-order valence-corrected chi connectivity index (χ0v) is 13.8. The summed E-state index contributed by atoms with van der Waals surface area (Å²) < 4.78 is 11.5. The first kappa shape index (κ1) is 15.2. The van der Waals surface area contributed by atoms with Crippen LogP contribution in [0.5, 0.6) is 0 Å². The zero-order chi connectivity index (χ0) is 15.5. The summed E-state index contributed by atoms with van der Waals surface area (Å²) in [5, 5.41) is 14.2. The maximum atomic E-state index is 5.77. The maximum Gasteiger partial charge on any atom is 0.168 e. The molecule has 6 heteroatoms. The Balaban J connectivity index is 1.29. The molecule has 0 unspecified atom stereocenters. The van der Waals surface area contributed by atoms with Crippen LogP contribution in [0.4, 0.5) is 0 Å². The summed E-state index contributed by atoms with van der Waals surface area (Å²) in [6, 6.07) is 10.7. The minimum atomic E-state index is -0.276. The molecular weight excluding hydrogens is 310 g/mol. The van der Waals surface area contributed by atoms with Crippen LogP contribution in [0.2, 0.25) is 0 Å². The predicted molar refractivity (Wildman–Crippen MR) is 89.1 cm³/mol. The number of rotatable bonds is 4. The Hall–Kier alpha value is -1.34. The Bertz CT molecular complexity index is 630. The van der Waals surface area contributed by atoms with Crippen molar-refractivity contribution >= 4 is 11.3 Å². The van der Waals surface area contributed by atoms with E-state index in [1.54, 1.807) is 11.3 Å². The summed E-state index contributed by atoms with van der Waals surface area (Å²) in [5.41, 5.74) is 1.13. The van der Waals surface area contributed by atoms with Crippen molar-refractivity contribution in [2.45, 2.75) is 44.1 Å². The molecular formula is C17H21N3O2S. The zero-order valence-electron chi connectivity index (χ0n) is 13.0. The molecule has 1 saturated carbocycles. The summed E-state index contributed by atoms with van der Waals surface area (Å²) in [7, 11) is 0. The lowest BCUT2D eigenvalue weighted by Gasteiger charge is -2.35. The van der Waals surface area contributed by atoms with Crippen molar-refractivity contribution in [3.05, 3.63) is 35.3 Å². The molecule has 1 spiro atoms. The molecule has 0 bridgehead atoms. The highest BCUT2D eigenvalue weighted by molar-refractivity contribution is 7.14. The average molecular weight is 331 g/mol. The van der Waals surface area contributed by atoms with Crippen molar-refractivity contribution < 1.29 is 9.47 Å². The average Bonchev–Trinajstić information content (AvgIpc) is 3.25. The minimum absolute atomic E-state index is 0.276. The van der Waals surface area contributed by atoms with E-state index in [0.717, 1.165) is 61.0 Å². The predicted octanol–water partition coefficient (Wildman–Crippen LogP) is 2.98. The normalized spacial score (nSPS) is 21.0. The van der Waals surface area contributed by atoms with Gasteiger partial charge >= 0.3 is 0 Å². The minimum Gasteiger partial charge on any atom is -0.348 e. The van der Waals surface area contributed by atoms with Gasteiger partial charge in [0.2, 0.25) is 0 Å². The van der Waals surface area contributed by atoms with Gasteiger partial charge in [-0.2, -0.15) is 0 Å². The Morgan fingerprint density at radius 3 is 2.57 bits per heavy atom. The van der Waals surface area contributed by atoms with Gasteiger partial charge in [-0.05, 0) is 12.8 Å². The first-order valence-electron chi connectivity index (χ1n) is 8.22. The third-order valence-electron chi connectivity index (χ3n) is 4.59. The Morgan fingerprint density at radius 1 is 1.09 bits per heavy atom. The van der Waals surface area contributed by atoms with Gasteiger partial charge in [0.15, 0.2) is 5.79 Å². The van der Waals surface area contributed by atoms with E-state index in [9.17, 15) is 0 Å². The Morgan fingerprint density at radius 2 is 1.83 bits per heavy atom. The SMILES string of the molecule is c1ccc(-c2nnc(CNC3CCC4(CC3)OCCO4)s2)cc1. The lowest BCUT2D eigenvalue weighted by Crippen LogP contribution is -2.41. The van der Waals surface area contributed by atoms with E-state index in [1.165, 1.54) is 0 Å². The number of hydrogen-bond donors (Lipinski definition) is 1. The standard InChI is InChI=1S/C17H21N3O2S/c1-2-4-13(5-3-1)16-20-19-15(23-16)12-18-14-6-8-17(9-7-14)21-10-11-22-17/h1-5,14,18H,6-12H2. The molecule has 23 heavy (non-hydrogen) atoms. The van der Waals surface area contributed by atoms with Gasteiger partial charge in [-0.25, -0.2) is 0 Å². The number of hydrogen-bond acceptors (Lipinski definition) is 6. The molecule has 122 valence electrons. The third kappa shape index (κ3) is 3.45. The van der Waals surface area contributed by atoms with E-state index in [-0.39, 0.29) is 5.79 Å². The molecule has 5 nitrogen and oxygen atoms in total. The molecule has 1 aliphatic carbocycles. The second-order valence-electron chi connectivity index (χ2n) is 6.13. The molecule has 2 heterocycles. The molecule has 2 fully saturated rings. The number of ether oxygens (including phenoxy) is 2. The maximum absolute atomic E-state index is 5.77. The van der Waals surface area contributed by atoms with Crippen LogP contribution in [0.15, 0.2) is 30.3 Å². The van der Waals surface area contributed by atoms with Gasteiger partial charge in [0.25, 0.3) is 0 Å². The van der Waals surface area contributed by atoms with Gasteiger partial charge in [-0.1, -0.05) is 41.7 Å². The molecule has 1 aromatic heterocycles. The molecule has 1 saturated heterocycles. The van der Waals surface area contributed by atoms with Gasteiger partial charge in [0.05, 0.1) is 13.2 Å². The summed E-state index contributed by atoms with van der Waals surface area (Å²) in [5.74, 6) is -0.276. The summed E-state index contributed by atoms with van der Waals surface area (Å²) >= 11 is 1.66. The fraction of sp³-hybridized carbons (Fsp3) is 0.529. The lowest BCUT2D eigenvalue weighted by molar-refractivity contribution is -0.179. The number of nitrogens with zero attached hydrogens (tertiary/aromatic N) is 2. The van der Waals surface area contributed by atoms with E-state index in [1.807, 2.05) is 18.2 Å². The molecule has 2 aliphatic rings. The van der Waals surface area contributed by atoms with E-state index in [4.69, 9.17) is 9.47 Å². The summed E-state index contributed by atoms with van der Waals surface area (Å²) in [4.78, 5) is 0. The van der Waals surface area contributed by atoms with Gasteiger partial charge in [-0.15, -0.1) is 10.2 Å². The molecule has 0 amide bonds. The summed E-state index contributed by atoms with van der Waals surface area (Å²) in [6.45, 7) is 2.26. The highest BCUT2D eigenvalue weighted by Crippen LogP contribution is 2.35. The Labute approximate surface area is 140 Å². The highest BCUT2D eigenvalue weighted by Gasteiger charge is 2.40. The molecule has 2 aromatic rings. The number of nitrogens with one attached hydrogen (secondary N) is 1. The Kier molecular flexibility index (Phi) is 4.39. The van der Waals surface area contributed by atoms with Crippen molar-refractivity contribution in [3.8, 4) is 10.6 Å². The van der Waals surface area contributed by atoms with Gasteiger partial charge in [0, 0.05) is 31.0 Å². The highest BCUT2D eigenvalue weighted by atomic mass is 32.1.